The lowest BCUT2D eigenvalue weighted by Gasteiger charge is -2.22. The number of methoxy groups -OCH3 is 1. The van der Waals surface area contributed by atoms with Gasteiger partial charge >= 0.3 is 6.09 Å². The van der Waals surface area contributed by atoms with E-state index in [4.69, 9.17) is 21.4 Å². The molecule has 1 saturated heterocycles. The van der Waals surface area contributed by atoms with E-state index in [-0.39, 0.29) is 17.7 Å². The van der Waals surface area contributed by atoms with Crippen molar-refractivity contribution >= 4 is 46.5 Å². The summed E-state index contributed by atoms with van der Waals surface area (Å²) < 4.78 is 6.85. The highest BCUT2D eigenvalue weighted by Gasteiger charge is 2.35. The first-order valence-corrected chi connectivity index (χ1v) is 11.5. The van der Waals surface area contributed by atoms with Gasteiger partial charge in [0.1, 0.15) is 6.07 Å². The molecule has 13 nitrogen and oxygen atoms in total. The monoisotopic (exact) mass is 508 g/mol. The second kappa shape index (κ2) is 9.37. The Morgan fingerprint density at radius 2 is 2.08 bits per heavy atom. The minimum absolute atomic E-state index is 0.157. The Balaban J connectivity index is 1.51. The topological polar surface area (TPSA) is 177 Å². The Morgan fingerprint density at radius 3 is 2.75 bits per heavy atom. The average Bonchev–Trinajstić information content (AvgIpc) is 3.43. The number of aromatic nitrogens is 4. The fourth-order valence-electron chi connectivity index (χ4n) is 4.15. The van der Waals surface area contributed by atoms with Crippen LogP contribution in [0.15, 0.2) is 18.3 Å². The third-order valence-corrected chi connectivity index (χ3v) is 6.44. The first kappa shape index (κ1) is 23.4. The molecule has 4 N–H and O–H groups in total. The third-order valence-electron chi connectivity index (χ3n) is 6.04. The first-order valence-electron chi connectivity index (χ1n) is 11.1. The standard InChI is InChI=1S/C22H21ClN10O3/c1-36-17-10-32(9-15(17)29-22(34)35)16-5-11(6-24)4-14(18(16)23)28-21-30-19(27-12-2-3-12)20-26-8-13(7-25)33(20)31-21/h4-5,8,12,15,17,29H,2-3,9-10H2,1H3,(H,34,35)(H2,27,28,30,31)/t15-,17-/m0/s1. The van der Waals surface area contributed by atoms with E-state index >= 15 is 0 Å². The van der Waals surface area contributed by atoms with Crippen molar-refractivity contribution in [3.05, 3.63) is 34.6 Å². The van der Waals surface area contributed by atoms with Gasteiger partial charge in [-0.25, -0.2) is 9.78 Å². The van der Waals surface area contributed by atoms with Crippen molar-refractivity contribution in [1.82, 2.24) is 24.9 Å². The molecule has 3 aromatic rings. The molecule has 3 heterocycles. The van der Waals surface area contributed by atoms with Crippen LogP contribution in [-0.2, 0) is 4.74 Å². The number of nitrogens with one attached hydrogen (secondary N) is 3. The lowest BCUT2D eigenvalue weighted by Crippen LogP contribution is -2.42. The molecule has 1 aromatic carbocycles. The number of fused-ring (bicyclic) bond motifs is 1. The molecular weight excluding hydrogens is 488 g/mol. The van der Waals surface area contributed by atoms with Crippen molar-refractivity contribution in [3.63, 3.8) is 0 Å². The van der Waals surface area contributed by atoms with Gasteiger partial charge in [-0.1, -0.05) is 11.6 Å². The summed E-state index contributed by atoms with van der Waals surface area (Å²) >= 11 is 6.77. The van der Waals surface area contributed by atoms with Crippen LogP contribution >= 0.6 is 11.6 Å². The first-order chi connectivity index (χ1) is 17.4. The van der Waals surface area contributed by atoms with Gasteiger partial charge in [0.05, 0.1) is 46.4 Å². The molecule has 2 fully saturated rings. The number of hydrogen-bond acceptors (Lipinski definition) is 10. The van der Waals surface area contributed by atoms with Gasteiger partial charge in [0, 0.05) is 26.2 Å². The molecule has 1 aliphatic carbocycles. The van der Waals surface area contributed by atoms with Gasteiger partial charge in [0.15, 0.2) is 17.2 Å². The summed E-state index contributed by atoms with van der Waals surface area (Å²) in [5, 5.41) is 41.8. The number of rotatable bonds is 7. The number of benzene rings is 1. The molecule has 2 atom stereocenters. The third kappa shape index (κ3) is 4.49. The number of imidazole rings is 1. The summed E-state index contributed by atoms with van der Waals surface area (Å²) in [6.07, 6.45) is 1.91. The number of nitriles is 2. The molecule has 2 aromatic heterocycles. The van der Waals surface area contributed by atoms with Crippen LogP contribution in [0, 0.1) is 22.7 Å². The van der Waals surface area contributed by atoms with Crippen LogP contribution in [0.4, 0.5) is 27.9 Å². The fraction of sp³-hybridized carbons (Fsp3) is 0.364. The number of amides is 1. The summed E-state index contributed by atoms with van der Waals surface area (Å²) in [5.41, 5.74) is 1.92. The normalized spacial score (nSPS) is 19.1. The van der Waals surface area contributed by atoms with Crippen LogP contribution in [0.25, 0.3) is 5.65 Å². The van der Waals surface area contributed by atoms with Gasteiger partial charge in [0.25, 0.3) is 0 Å². The van der Waals surface area contributed by atoms with Crippen molar-refractivity contribution < 1.29 is 14.6 Å². The van der Waals surface area contributed by atoms with Gasteiger partial charge in [-0.2, -0.15) is 20.0 Å². The van der Waals surface area contributed by atoms with Gasteiger partial charge in [-0.15, -0.1) is 5.10 Å². The summed E-state index contributed by atoms with van der Waals surface area (Å²) in [4.78, 5) is 21.9. The fourth-order valence-corrected chi connectivity index (χ4v) is 4.43. The smallest absolute Gasteiger partial charge is 0.405 e. The highest BCUT2D eigenvalue weighted by atomic mass is 35.5. The second-order valence-electron chi connectivity index (χ2n) is 8.52. The quantitative estimate of drug-likeness (QED) is 0.368. The molecule has 0 unspecified atom stereocenters. The van der Waals surface area contributed by atoms with Gasteiger partial charge in [-0.3, -0.25) is 0 Å². The molecule has 184 valence electrons. The molecular formula is C22H21ClN10O3. The Bertz CT molecular complexity index is 1420. The maximum atomic E-state index is 11.2. The predicted octanol–water partition coefficient (Wildman–Crippen LogP) is 2.31. The van der Waals surface area contributed by atoms with Gasteiger partial charge in [0.2, 0.25) is 5.95 Å². The average molecular weight is 509 g/mol. The zero-order valence-electron chi connectivity index (χ0n) is 19.1. The van der Waals surface area contributed by atoms with Crippen LogP contribution in [0.1, 0.15) is 24.1 Å². The molecule has 1 saturated carbocycles. The van der Waals surface area contributed by atoms with E-state index in [1.54, 1.807) is 12.1 Å². The van der Waals surface area contributed by atoms with E-state index in [0.29, 0.717) is 46.5 Å². The molecule has 14 heteroatoms. The van der Waals surface area contributed by atoms with Crippen LogP contribution < -0.4 is 20.9 Å². The Morgan fingerprint density at radius 1 is 1.28 bits per heavy atom. The minimum atomic E-state index is -1.15. The number of ether oxygens (including phenoxy) is 1. The maximum Gasteiger partial charge on any atom is 0.405 e. The van der Waals surface area contributed by atoms with Crippen LogP contribution in [-0.4, -0.2) is 69.2 Å². The Hall–Kier alpha value is -4.33. The van der Waals surface area contributed by atoms with Crippen LogP contribution in [0.3, 0.4) is 0 Å². The van der Waals surface area contributed by atoms with Crippen molar-refractivity contribution in [1.29, 1.82) is 10.5 Å². The zero-order chi connectivity index (χ0) is 25.4. The molecule has 1 amide bonds. The van der Waals surface area contributed by atoms with E-state index in [1.807, 2.05) is 4.90 Å². The highest BCUT2D eigenvalue weighted by molar-refractivity contribution is 6.36. The lowest BCUT2D eigenvalue weighted by molar-refractivity contribution is 0.0949. The van der Waals surface area contributed by atoms with E-state index in [2.05, 4.69) is 43.2 Å². The second-order valence-corrected chi connectivity index (χ2v) is 8.90. The van der Waals surface area contributed by atoms with Crippen molar-refractivity contribution in [2.45, 2.75) is 31.0 Å². The number of anilines is 4. The predicted molar refractivity (Wildman–Crippen MR) is 130 cm³/mol. The van der Waals surface area contributed by atoms with Crippen LogP contribution in [0.2, 0.25) is 5.02 Å². The molecule has 0 radical (unpaired) electrons. The Kier molecular flexibility index (Phi) is 6.10. The SMILES string of the molecule is CO[C@H]1CN(c2cc(C#N)cc(Nc3nc(NC4CC4)c4ncc(C#N)n4n3)c2Cl)C[C@@H]1NC(=O)O. The van der Waals surface area contributed by atoms with E-state index in [0.717, 1.165) is 12.8 Å². The largest absolute Gasteiger partial charge is 0.465 e. The summed E-state index contributed by atoms with van der Waals surface area (Å²) in [7, 11) is 1.51. The number of carboxylic acid groups (broad SMARTS) is 1. The molecule has 1 aliphatic heterocycles. The zero-order valence-corrected chi connectivity index (χ0v) is 19.8. The van der Waals surface area contributed by atoms with Gasteiger partial charge < -0.3 is 30.7 Å². The minimum Gasteiger partial charge on any atom is -0.465 e. The Labute approximate surface area is 210 Å². The summed E-state index contributed by atoms with van der Waals surface area (Å²) in [6.45, 7) is 0.672. The van der Waals surface area contributed by atoms with Crippen LogP contribution in [0.5, 0.6) is 0 Å². The highest BCUT2D eigenvalue weighted by Crippen LogP contribution is 2.38. The van der Waals surface area contributed by atoms with E-state index in [1.165, 1.54) is 17.8 Å². The number of nitrogens with zero attached hydrogens (tertiary/aromatic N) is 7. The molecule has 0 spiro atoms. The van der Waals surface area contributed by atoms with Crippen molar-refractivity contribution in [2.24, 2.45) is 0 Å². The molecule has 36 heavy (non-hydrogen) atoms. The summed E-state index contributed by atoms with van der Waals surface area (Å²) in [5.74, 6) is 0.638. The number of carbonyl (C=O) groups is 1. The van der Waals surface area contributed by atoms with Crippen molar-refractivity contribution in [2.75, 3.05) is 35.7 Å². The number of halogens is 1. The maximum absolute atomic E-state index is 11.2. The molecule has 0 bridgehead atoms. The van der Waals surface area contributed by atoms with Gasteiger partial charge in [-0.05, 0) is 25.0 Å². The van der Waals surface area contributed by atoms with Crippen molar-refractivity contribution in [3.8, 4) is 12.1 Å². The lowest BCUT2D eigenvalue weighted by atomic mass is 10.1. The number of hydrogen-bond donors (Lipinski definition) is 4. The summed E-state index contributed by atoms with van der Waals surface area (Å²) in [6, 6.07) is 7.20. The molecule has 2 aliphatic rings. The van der Waals surface area contributed by atoms with E-state index < -0.39 is 18.2 Å². The van der Waals surface area contributed by atoms with E-state index in [9.17, 15) is 15.3 Å². The molecule has 5 rings (SSSR count).